The zero-order valence-electron chi connectivity index (χ0n) is 18.7. The minimum atomic E-state index is -3.93. The molecule has 4 nitrogen and oxygen atoms in total. The molecule has 0 amide bonds. The maximum atomic E-state index is 11.6. The van der Waals surface area contributed by atoms with Crippen LogP contribution in [0.4, 0.5) is 0 Å². The van der Waals surface area contributed by atoms with Crippen molar-refractivity contribution in [3.63, 3.8) is 0 Å². The highest BCUT2D eigenvalue weighted by Gasteiger charge is 2.21. The highest BCUT2D eigenvalue weighted by molar-refractivity contribution is 7.86. The van der Waals surface area contributed by atoms with Gasteiger partial charge in [-0.15, -0.1) is 0 Å². The van der Waals surface area contributed by atoms with E-state index in [9.17, 15) is 18.1 Å². The molecule has 170 valence electrons. The number of unbranched alkanes of at least 4 members (excludes halogenated alkanes) is 14. The number of aliphatic hydroxyl groups excluding tert-OH is 1. The second kappa shape index (κ2) is 18.9. The van der Waals surface area contributed by atoms with E-state index >= 15 is 0 Å². The third kappa shape index (κ3) is 19.2. The van der Waals surface area contributed by atoms with Crippen molar-refractivity contribution in [2.45, 2.75) is 147 Å². The van der Waals surface area contributed by atoms with Gasteiger partial charge in [0.05, 0.1) is 11.4 Å². The number of hydrogen-bond acceptors (Lipinski definition) is 3. The highest BCUT2D eigenvalue weighted by Crippen LogP contribution is 2.19. The monoisotopic (exact) mass is 420 g/mol. The molecule has 0 aromatic rings. The van der Waals surface area contributed by atoms with E-state index in [2.05, 4.69) is 6.92 Å². The maximum Gasteiger partial charge on any atom is 0.267 e. The summed E-state index contributed by atoms with van der Waals surface area (Å²) < 4.78 is 32.6. The van der Waals surface area contributed by atoms with Gasteiger partial charge in [0.15, 0.2) is 0 Å². The first-order valence-corrected chi connectivity index (χ1v) is 13.5. The van der Waals surface area contributed by atoms with E-state index in [0.717, 1.165) is 38.5 Å². The van der Waals surface area contributed by atoms with Gasteiger partial charge < -0.3 is 5.11 Å². The van der Waals surface area contributed by atoms with Crippen molar-refractivity contribution in [2.24, 2.45) is 0 Å². The summed E-state index contributed by atoms with van der Waals surface area (Å²) in [6, 6.07) is 0. The first-order chi connectivity index (χ1) is 13.4. The van der Waals surface area contributed by atoms with Gasteiger partial charge >= 0.3 is 0 Å². The first-order valence-electron chi connectivity index (χ1n) is 12.0. The van der Waals surface area contributed by atoms with Crippen LogP contribution in [0.5, 0.6) is 0 Å². The molecule has 2 N–H and O–H groups in total. The summed E-state index contributed by atoms with van der Waals surface area (Å²) in [4.78, 5) is 0. The van der Waals surface area contributed by atoms with Crippen LogP contribution in [0.25, 0.3) is 0 Å². The first kappa shape index (κ1) is 27.9. The molecule has 0 radical (unpaired) electrons. The minimum absolute atomic E-state index is 0.289. The Labute approximate surface area is 175 Å². The average molecular weight is 421 g/mol. The van der Waals surface area contributed by atoms with Crippen LogP contribution in [-0.4, -0.2) is 29.4 Å². The molecule has 0 bridgehead atoms. The average Bonchev–Trinajstić information content (AvgIpc) is 2.62. The molecule has 2 atom stereocenters. The van der Waals surface area contributed by atoms with Crippen LogP contribution in [0.15, 0.2) is 0 Å². The third-order valence-electron chi connectivity index (χ3n) is 5.70. The van der Waals surface area contributed by atoms with Crippen molar-refractivity contribution in [3.05, 3.63) is 0 Å². The number of rotatable bonds is 21. The van der Waals surface area contributed by atoms with Gasteiger partial charge in [-0.05, 0) is 26.2 Å². The lowest BCUT2D eigenvalue weighted by molar-refractivity contribution is 0.180. The zero-order valence-corrected chi connectivity index (χ0v) is 19.5. The molecule has 2 unspecified atom stereocenters. The van der Waals surface area contributed by atoms with E-state index < -0.39 is 15.4 Å². The normalized spacial score (nSPS) is 14.3. The quantitative estimate of drug-likeness (QED) is 0.154. The molecule has 5 heteroatoms. The molecule has 0 saturated carbocycles. The van der Waals surface area contributed by atoms with Crippen LogP contribution in [0.3, 0.4) is 0 Å². The Morgan fingerprint density at radius 3 is 1.29 bits per heavy atom. The molecule has 0 aromatic heterocycles. The fourth-order valence-electron chi connectivity index (χ4n) is 3.82. The Morgan fingerprint density at radius 1 is 0.607 bits per heavy atom. The fourth-order valence-corrected chi connectivity index (χ4v) is 4.75. The van der Waals surface area contributed by atoms with E-state index in [1.54, 1.807) is 6.92 Å². The lowest BCUT2D eigenvalue weighted by Crippen LogP contribution is -2.20. The summed E-state index contributed by atoms with van der Waals surface area (Å²) in [6.07, 6.45) is 20.8. The second-order valence-electron chi connectivity index (χ2n) is 8.66. The second-order valence-corrected chi connectivity index (χ2v) is 10.4. The van der Waals surface area contributed by atoms with Crippen LogP contribution in [-0.2, 0) is 10.1 Å². The Bertz CT molecular complexity index is 420. The summed E-state index contributed by atoms with van der Waals surface area (Å²) in [7, 11) is -3.93. The summed E-state index contributed by atoms with van der Waals surface area (Å²) in [5.41, 5.74) is 0. The summed E-state index contributed by atoms with van der Waals surface area (Å²) in [5.74, 6) is 0. The van der Waals surface area contributed by atoms with Crippen molar-refractivity contribution in [1.82, 2.24) is 0 Å². The Balaban J connectivity index is 3.59. The van der Waals surface area contributed by atoms with Crippen molar-refractivity contribution in [2.75, 3.05) is 0 Å². The highest BCUT2D eigenvalue weighted by atomic mass is 32.2. The van der Waals surface area contributed by atoms with Gasteiger partial charge in [0.1, 0.15) is 0 Å². The minimum Gasteiger partial charge on any atom is -0.393 e. The third-order valence-corrected chi connectivity index (χ3v) is 7.01. The van der Waals surface area contributed by atoms with Crippen LogP contribution < -0.4 is 0 Å². The molecular weight excluding hydrogens is 372 g/mol. The van der Waals surface area contributed by atoms with Crippen molar-refractivity contribution >= 4 is 10.1 Å². The maximum absolute atomic E-state index is 11.6. The molecule has 0 spiro atoms. The lowest BCUT2D eigenvalue weighted by Gasteiger charge is -2.14. The number of aliphatic hydroxyl groups is 1. The van der Waals surface area contributed by atoms with Crippen LogP contribution in [0.2, 0.25) is 0 Å². The molecule has 0 aromatic carbocycles. The van der Waals surface area contributed by atoms with Gasteiger partial charge in [-0.2, -0.15) is 8.42 Å². The van der Waals surface area contributed by atoms with Gasteiger partial charge in [-0.3, -0.25) is 4.55 Å². The lowest BCUT2D eigenvalue weighted by atomic mass is 10.0. The smallest absolute Gasteiger partial charge is 0.267 e. The molecule has 0 aliphatic carbocycles. The predicted molar refractivity (Wildman–Crippen MR) is 120 cm³/mol. The van der Waals surface area contributed by atoms with Gasteiger partial charge in [-0.1, -0.05) is 110 Å². The molecular formula is C23H48O4S. The fraction of sp³-hybridized carbons (Fsp3) is 1.00. The zero-order chi connectivity index (χ0) is 21.1. The molecule has 28 heavy (non-hydrogen) atoms. The SMILES string of the molecule is CCCCCCCCCCCCCCCC(CCCCCC(C)O)S(=O)(=O)O. The topological polar surface area (TPSA) is 74.6 Å². The molecule has 0 saturated heterocycles. The summed E-state index contributed by atoms with van der Waals surface area (Å²) in [6.45, 7) is 4.03. The molecule has 0 aliphatic heterocycles. The van der Waals surface area contributed by atoms with E-state index in [-0.39, 0.29) is 6.10 Å². The van der Waals surface area contributed by atoms with Crippen LogP contribution >= 0.6 is 0 Å². The molecule has 0 fully saturated rings. The predicted octanol–water partition coefficient (Wildman–Crippen LogP) is 7.06. The molecule has 0 aliphatic rings. The Morgan fingerprint density at radius 2 is 0.929 bits per heavy atom. The van der Waals surface area contributed by atoms with E-state index in [4.69, 9.17) is 0 Å². The standard InChI is InChI=1S/C23H48O4S/c1-3-4-5-6-7-8-9-10-11-12-13-14-17-20-23(28(25,26)27)21-18-15-16-19-22(2)24/h22-24H,3-21H2,1-2H3,(H,25,26,27). The van der Waals surface area contributed by atoms with E-state index in [1.807, 2.05) is 0 Å². The Kier molecular flexibility index (Phi) is 18.8. The van der Waals surface area contributed by atoms with Crippen molar-refractivity contribution < 1.29 is 18.1 Å². The number of hydrogen-bond donors (Lipinski definition) is 2. The van der Waals surface area contributed by atoms with Gasteiger partial charge in [-0.25, -0.2) is 0 Å². The van der Waals surface area contributed by atoms with Crippen molar-refractivity contribution in [1.29, 1.82) is 0 Å². The summed E-state index contributed by atoms with van der Waals surface area (Å²) >= 11 is 0. The Hall–Kier alpha value is -0.130. The van der Waals surface area contributed by atoms with Gasteiger partial charge in [0.25, 0.3) is 10.1 Å². The van der Waals surface area contributed by atoms with Crippen LogP contribution in [0, 0.1) is 0 Å². The molecule has 0 rings (SSSR count). The van der Waals surface area contributed by atoms with Crippen molar-refractivity contribution in [3.8, 4) is 0 Å². The van der Waals surface area contributed by atoms with E-state index in [0.29, 0.717) is 12.8 Å². The largest absolute Gasteiger partial charge is 0.393 e. The van der Waals surface area contributed by atoms with E-state index in [1.165, 1.54) is 70.6 Å². The van der Waals surface area contributed by atoms with Gasteiger partial charge in [0, 0.05) is 0 Å². The van der Waals surface area contributed by atoms with Crippen LogP contribution in [0.1, 0.15) is 136 Å². The summed E-state index contributed by atoms with van der Waals surface area (Å²) in [5, 5.41) is 8.64. The van der Waals surface area contributed by atoms with Gasteiger partial charge in [0.2, 0.25) is 0 Å². The molecule has 0 heterocycles.